The summed E-state index contributed by atoms with van der Waals surface area (Å²) in [6.07, 6.45) is 0.0343. The summed E-state index contributed by atoms with van der Waals surface area (Å²) >= 11 is 0. The van der Waals surface area contributed by atoms with E-state index in [4.69, 9.17) is 9.47 Å². The van der Waals surface area contributed by atoms with Crippen LogP contribution >= 0.6 is 0 Å². The number of carbonyl (C=O) groups excluding carboxylic acids is 5. The Morgan fingerprint density at radius 2 is 1.36 bits per heavy atom. The maximum Gasteiger partial charge on any atom is 0.319 e. The largest absolute Gasteiger partial charge is 0.484 e. The van der Waals surface area contributed by atoms with Gasteiger partial charge in [-0.3, -0.25) is 19.2 Å². The van der Waals surface area contributed by atoms with Crippen molar-refractivity contribution in [2.75, 3.05) is 60.9 Å². The van der Waals surface area contributed by atoms with Gasteiger partial charge >= 0.3 is 12.0 Å². The molecule has 50 heavy (non-hydrogen) atoms. The summed E-state index contributed by atoms with van der Waals surface area (Å²) in [6.45, 7) is 2.81. The molecule has 12 nitrogen and oxygen atoms in total. The molecular formula is C38H41N5O7. The third-order valence-corrected chi connectivity index (χ3v) is 7.91. The van der Waals surface area contributed by atoms with Crippen LogP contribution in [0, 0.1) is 13.8 Å². The normalized spacial score (nSPS) is 10.4. The SMILES string of the molecule is COC(=O)Cc1cccc(NC(=O)NCC(=O)N(CC(=O)N(C)c2ccccc2)c2cccc(OCC(=O)N(C)c3c(C)cccc3C)c2)c1. The number of hydrogen-bond acceptors (Lipinski definition) is 7. The summed E-state index contributed by atoms with van der Waals surface area (Å²) in [5.41, 5.74) is 4.73. The molecule has 4 aromatic rings. The Kier molecular flexibility index (Phi) is 12.7. The molecule has 0 heterocycles. The highest BCUT2D eigenvalue weighted by molar-refractivity contribution is 6.05. The Balaban J connectivity index is 1.48. The highest BCUT2D eigenvalue weighted by Gasteiger charge is 2.23. The molecule has 0 fully saturated rings. The first-order valence-corrected chi connectivity index (χ1v) is 15.8. The van der Waals surface area contributed by atoms with Crippen LogP contribution in [-0.2, 0) is 30.3 Å². The minimum absolute atomic E-state index is 0.0343. The molecule has 0 bridgehead atoms. The van der Waals surface area contributed by atoms with Gasteiger partial charge in [-0.2, -0.15) is 0 Å². The molecule has 0 aliphatic carbocycles. The molecule has 0 atom stereocenters. The molecule has 0 saturated carbocycles. The number of aryl methyl sites for hydroxylation is 2. The van der Waals surface area contributed by atoms with Crippen molar-refractivity contribution in [2.24, 2.45) is 0 Å². The molecule has 4 rings (SSSR count). The number of nitrogens with zero attached hydrogens (tertiary/aromatic N) is 3. The average molecular weight is 680 g/mol. The first kappa shape index (κ1) is 36.7. The molecule has 4 aromatic carbocycles. The van der Waals surface area contributed by atoms with Gasteiger partial charge in [0, 0.05) is 42.9 Å². The molecule has 2 N–H and O–H groups in total. The van der Waals surface area contributed by atoms with Gasteiger partial charge in [-0.05, 0) is 66.9 Å². The van der Waals surface area contributed by atoms with Crippen molar-refractivity contribution in [1.82, 2.24) is 5.32 Å². The van der Waals surface area contributed by atoms with Crippen LogP contribution in [0.3, 0.4) is 0 Å². The number of hydrogen-bond donors (Lipinski definition) is 2. The lowest BCUT2D eigenvalue weighted by Crippen LogP contribution is -2.46. The first-order chi connectivity index (χ1) is 24.0. The van der Waals surface area contributed by atoms with Crippen LogP contribution < -0.4 is 30.1 Å². The number of nitrogens with one attached hydrogen (secondary N) is 2. The zero-order valence-corrected chi connectivity index (χ0v) is 28.8. The molecule has 5 amide bonds. The van der Waals surface area contributed by atoms with Crippen LogP contribution in [0.4, 0.5) is 27.5 Å². The molecule has 12 heteroatoms. The first-order valence-electron chi connectivity index (χ1n) is 15.8. The number of urea groups is 1. The number of benzene rings is 4. The Morgan fingerprint density at radius 3 is 2.06 bits per heavy atom. The van der Waals surface area contributed by atoms with E-state index in [-0.39, 0.29) is 31.4 Å². The molecule has 0 unspecified atom stereocenters. The fourth-order valence-corrected chi connectivity index (χ4v) is 5.23. The maximum absolute atomic E-state index is 13.7. The Bertz CT molecular complexity index is 1830. The number of carbonyl (C=O) groups is 5. The van der Waals surface area contributed by atoms with Crippen LogP contribution in [0.15, 0.2) is 97.1 Å². The lowest BCUT2D eigenvalue weighted by Gasteiger charge is -2.26. The van der Waals surface area contributed by atoms with Gasteiger partial charge in [0.25, 0.3) is 5.91 Å². The van der Waals surface area contributed by atoms with E-state index in [0.717, 1.165) is 16.8 Å². The van der Waals surface area contributed by atoms with Gasteiger partial charge in [0.15, 0.2) is 6.61 Å². The highest BCUT2D eigenvalue weighted by atomic mass is 16.5. The standard InChI is InChI=1S/C38H41N5O7/c1-26-12-9-13-27(2)37(26)42(4)35(46)25-50-32-19-11-18-31(22-32)43(24-34(45)41(3)30-16-7-6-8-17-30)33(44)23-39-38(48)40-29-15-10-14-28(20-29)21-36(47)49-5/h6-20,22H,21,23-25H2,1-5H3,(H2,39,40,48). The van der Waals surface area contributed by atoms with E-state index in [0.29, 0.717) is 28.4 Å². The second-order valence-electron chi connectivity index (χ2n) is 11.5. The van der Waals surface area contributed by atoms with Crippen molar-refractivity contribution in [2.45, 2.75) is 20.3 Å². The van der Waals surface area contributed by atoms with Crippen molar-refractivity contribution in [3.63, 3.8) is 0 Å². The molecular weight excluding hydrogens is 638 g/mol. The van der Waals surface area contributed by atoms with E-state index in [1.54, 1.807) is 91.8 Å². The van der Waals surface area contributed by atoms with Gasteiger partial charge in [-0.15, -0.1) is 0 Å². The van der Waals surface area contributed by atoms with Gasteiger partial charge < -0.3 is 34.8 Å². The topological polar surface area (TPSA) is 138 Å². The number of esters is 1. The Hall–Kier alpha value is -6.17. The average Bonchev–Trinajstić information content (AvgIpc) is 3.11. The van der Waals surface area contributed by atoms with Gasteiger partial charge in [0.1, 0.15) is 12.3 Å². The van der Waals surface area contributed by atoms with Crippen LogP contribution in [0.25, 0.3) is 0 Å². The fraction of sp³-hybridized carbons (Fsp3) is 0.237. The summed E-state index contributed by atoms with van der Waals surface area (Å²) in [7, 11) is 4.59. The van der Waals surface area contributed by atoms with Crippen LogP contribution in [0.2, 0.25) is 0 Å². The Morgan fingerprint density at radius 1 is 0.700 bits per heavy atom. The van der Waals surface area contributed by atoms with E-state index >= 15 is 0 Å². The van der Waals surface area contributed by atoms with E-state index in [9.17, 15) is 24.0 Å². The quantitative estimate of drug-likeness (QED) is 0.192. The van der Waals surface area contributed by atoms with E-state index in [1.807, 2.05) is 38.1 Å². The van der Waals surface area contributed by atoms with E-state index in [2.05, 4.69) is 10.6 Å². The van der Waals surface area contributed by atoms with Gasteiger partial charge in [0.2, 0.25) is 11.8 Å². The van der Waals surface area contributed by atoms with Crippen molar-refractivity contribution in [1.29, 1.82) is 0 Å². The highest BCUT2D eigenvalue weighted by Crippen LogP contribution is 2.25. The number of likely N-dealkylation sites (N-methyl/N-ethyl adjacent to an activating group) is 2. The summed E-state index contributed by atoms with van der Waals surface area (Å²) in [6, 6.07) is 27.3. The predicted molar refractivity (Wildman–Crippen MR) is 193 cm³/mol. The monoisotopic (exact) mass is 679 g/mol. The third kappa shape index (κ3) is 9.92. The van der Waals surface area contributed by atoms with Crippen LogP contribution in [-0.4, -0.2) is 70.6 Å². The predicted octanol–water partition coefficient (Wildman–Crippen LogP) is 4.88. The minimum Gasteiger partial charge on any atom is -0.484 e. The number of anilines is 4. The number of rotatable bonds is 13. The number of methoxy groups -OCH3 is 1. The number of para-hydroxylation sites is 2. The van der Waals surface area contributed by atoms with E-state index < -0.39 is 24.5 Å². The van der Waals surface area contributed by atoms with Crippen molar-refractivity contribution in [3.8, 4) is 5.75 Å². The fourth-order valence-electron chi connectivity index (χ4n) is 5.23. The van der Waals surface area contributed by atoms with E-state index in [1.165, 1.54) is 16.9 Å². The molecule has 260 valence electrons. The number of amides is 5. The summed E-state index contributed by atoms with van der Waals surface area (Å²) in [4.78, 5) is 68.8. The van der Waals surface area contributed by atoms with Gasteiger partial charge in [0.05, 0.1) is 20.1 Å². The van der Waals surface area contributed by atoms with Gasteiger partial charge in [-0.1, -0.05) is 54.6 Å². The molecule has 0 radical (unpaired) electrons. The van der Waals surface area contributed by atoms with Crippen LogP contribution in [0.5, 0.6) is 5.75 Å². The van der Waals surface area contributed by atoms with Crippen molar-refractivity contribution < 1.29 is 33.4 Å². The zero-order chi connectivity index (χ0) is 36.2. The summed E-state index contributed by atoms with van der Waals surface area (Å²) in [5.74, 6) is -1.34. The van der Waals surface area contributed by atoms with Crippen molar-refractivity contribution in [3.05, 3.63) is 114 Å². The summed E-state index contributed by atoms with van der Waals surface area (Å²) < 4.78 is 10.6. The van der Waals surface area contributed by atoms with Crippen LogP contribution in [0.1, 0.15) is 16.7 Å². The number of ether oxygens (including phenoxy) is 2. The molecule has 0 aliphatic heterocycles. The Labute approximate surface area is 291 Å². The lowest BCUT2D eigenvalue weighted by atomic mass is 10.1. The second kappa shape index (κ2) is 17.3. The summed E-state index contributed by atoms with van der Waals surface area (Å²) in [5, 5.41) is 5.19. The van der Waals surface area contributed by atoms with Gasteiger partial charge in [-0.25, -0.2) is 4.79 Å². The molecule has 0 aromatic heterocycles. The lowest BCUT2D eigenvalue weighted by molar-refractivity contribution is -0.139. The smallest absolute Gasteiger partial charge is 0.319 e. The molecule has 0 aliphatic rings. The minimum atomic E-state index is -0.662. The van der Waals surface area contributed by atoms with Crippen molar-refractivity contribution >= 4 is 52.5 Å². The third-order valence-electron chi connectivity index (χ3n) is 7.91. The molecule has 0 spiro atoms. The zero-order valence-electron chi connectivity index (χ0n) is 28.8. The second-order valence-corrected chi connectivity index (χ2v) is 11.5. The maximum atomic E-state index is 13.7. The molecule has 0 saturated heterocycles.